The van der Waals surface area contributed by atoms with Crippen LogP contribution in [0.15, 0.2) is 12.4 Å². The van der Waals surface area contributed by atoms with Crippen LogP contribution in [0.5, 0.6) is 0 Å². The lowest BCUT2D eigenvalue weighted by Gasteiger charge is -2.29. The van der Waals surface area contributed by atoms with Gasteiger partial charge < -0.3 is 0 Å². The monoisotopic (exact) mass is 205 g/mol. The van der Waals surface area contributed by atoms with E-state index in [1.807, 2.05) is 6.92 Å². The maximum atomic E-state index is 4.30. The van der Waals surface area contributed by atoms with E-state index < -0.39 is 0 Å². The van der Waals surface area contributed by atoms with E-state index in [0.717, 1.165) is 23.9 Å². The van der Waals surface area contributed by atoms with Crippen LogP contribution in [0.4, 0.5) is 0 Å². The topological polar surface area (TPSA) is 29.0 Å². The molecule has 0 aliphatic carbocycles. The summed E-state index contributed by atoms with van der Waals surface area (Å²) < 4.78 is 0. The van der Waals surface area contributed by atoms with Gasteiger partial charge in [0.1, 0.15) is 6.33 Å². The molecular weight excluding hydrogens is 186 g/mol. The molecule has 1 fully saturated rings. The van der Waals surface area contributed by atoms with Crippen molar-refractivity contribution in [1.82, 2.24) is 14.9 Å². The molecule has 0 amide bonds. The zero-order valence-corrected chi connectivity index (χ0v) is 9.61. The molecule has 0 unspecified atom stereocenters. The van der Waals surface area contributed by atoms with E-state index >= 15 is 0 Å². The molecule has 15 heavy (non-hydrogen) atoms. The molecule has 0 radical (unpaired) electrons. The zero-order chi connectivity index (χ0) is 10.7. The first-order chi connectivity index (χ1) is 7.24. The second kappa shape index (κ2) is 4.71. The van der Waals surface area contributed by atoms with Crippen LogP contribution in [0, 0.1) is 12.8 Å². The van der Waals surface area contributed by atoms with Gasteiger partial charge in [0.05, 0.1) is 5.69 Å². The van der Waals surface area contributed by atoms with Crippen LogP contribution in [0.2, 0.25) is 0 Å². The van der Waals surface area contributed by atoms with Crippen LogP contribution in [-0.4, -0.2) is 28.0 Å². The Morgan fingerprint density at radius 1 is 1.33 bits per heavy atom. The predicted molar refractivity (Wildman–Crippen MR) is 60.4 cm³/mol. The minimum absolute atomic E-state index is 0.897. The van der Waals surface area contributed by atoms with E-state index in [1.54, 1.807) is 6.33 Å². The fourth-order valence-corrected chi connectivity index (χ4v) is 2.05. The molecule has 0 atom stereocenters. The van der Waals surface area contributed by atoms with Gasteiger partial charge in [-0.2, -0.15) is 0 Å². The highest BCUT2D eigenvalue weighted by Crippen LogP contribution is 2.17. The van der Waals surface area contributed by atoms with Crippen LogP contribution < -0.4 is 0 Å². The fourth-order valence-electron chi connectivity index (χ4n) is 2.05. The van der Waals surface area contributed by atoms with Gasteiger partial charge in [-0.25, -0.2) is 9.97 Å². The summed E-state index contributed by atoms with van der Waals surface area (Å²) in [5.74, 6) is 0.897. The molecule has 2 heterocycles. The summed E-state index contributed by atoms with van der Waals surface area (Å²) in [7, 11) is 0. The Bertz CT molecular complexity index is 316. The average molecular weight is 205 g/mol. The number of hydrogen-bond acceptors (Lipinski definition) is 3. The second-order valence-electron chi connectivity index (χ2n) is 4.61. The summed E-state index contributed by atoms with van der Waals surface area (Å²) in [6.45, 7) is 7.76. The van der Waals surface area contributed by atoms with Gasteiger partial charge in [0.15, 0.2) is 0 Å². The van der Waals surface area contributed by atoms with Crippen LogP contribution >= 0.6 is 0 Å². The third kappa shape index (κ3) is 2.99. The van der Waals surface area contributed by atoms with Crippen LogP contribution in [-0.2, 0) is 6.54 Å². The molecule has 0 aromatic carbocycles. The Kier molecular flexibility index (Phi) is 3.31. The van der Waals surface area contributed by atoms with Gasteiger partial charge in [-0.15, -0.1) is 0 Å². The number of hydrogen-bond donors (Lipinski definition) is 0. The summed E-state index contributed by atoms with van der Waals surface area (Å²) in [4.78, 5) is 10.9. The Labute approximate surface area is 91.5 Å². The van der Waals surface area contributed by atoms with Gasteiger partial charge >= 0.3 is 0 Å². The van der Waals surface area contributed by atoms with E-state index in [-0.39, 0.29) is 0 Å². The molecule has 1 aliphatic heterocycles. The molecule has 1 aromatic rings. The Hall–Kier alpha value is -0.960. The van der Waals surface area contributed by atoms with E-state index in [9.17, 15) is 0 Å². The second-order valence-corrected chi connectivity index (χ2v) is 4.61. The average Bonchev–Trinajstić information content (AvgIpc) is 2.22. The molecule has 0 N–H and O–H groups in total. The van der Waals surface area contributed by atoms with E-state index in [1.165, 1.54) is 25.9 Å². The van der Waals surface area contributed by atoms with Crippen molar-refractivity contribution in [3.63, 3.8) is 0 Å². The number of rotatable bonds is 2. The van der Waals surface area contributed by atoms with Crippen LogP contribution in [0.1, 0.15) is 31.2 Å². The van der Waals surface area contributed by atoms with Crippen LogP contribution in [0.25, 0.3) is 0 Å². The van der Waals surface area contributed by atoms with E-state index in [4.69, 9.17) is 0 Å². The molecule has 1 aliphatic rings. The molecular formula is C12H19N3. The van der Waals surface area contributed by atoms with Crippen molar-refractivity contribution in [1.29, 1.82) is 0 Å². The molecule has 2 rings (SSSR count). The smallest absolute Gasteiger partial charge is 0.115 e. The van der Waals surface area contributed by atoms with Crippen LogP contribution in [0.3, 0.4) is 0 Å². The predicted octanol–water partition coefficient (Wildman–Crippen LogP) is 2.02. The number of nitrogens with zero attached hydrogens (tertiary/aromatic N) is 3. The van der Waals surface area contributed by atoms with Crippen molar-refractivity contribution in [3.8, 4) is 0 Å². The lowest BCUT2D eigenvalue weighted by atomic mass is 9.99. The summed E-state index contributed by atoms with van der Waals surface area (Å²) in [6.07, 6.45) is 4.31. The first kappa shape index (κ1) is 10.6. The molecule has 1 saturated heterocycles. The van der Waals surface area contributed by atoms with E-state index in [0.29, 0.717) is 0 Å². The first-order valence-electron chi connectivity index (χ1n) is 5.74. The first-order valence-corrected chi connectivity index (χ1v) is 5.74. The summed E-state index contributed by atoms with van der Waals surface area (Å²) in [5.41, 5.74) is 2.21. The summed E-state index contributed by atoms with van der Waals surface area (Å²) in [6, 6.07) is 2.08. The minimum atomic E-state index is 0.897. The number of likely N-dealkylation sites (tertiary alicyclic amines) is 1. The molecule has 1 aromatic heterocycles. The number of aromatic nitrogens is 2. The van der Waals surface area contributed by atoms with Crippen molar-refractivity contribution in [2.45, 2.75) is 33.2 Å². The van der Waals surface area contributed by atoms with Gasteiger partial charge in [0.2, 0.25) is 0 Å². The van der Waals surface area contributed by atoms with Crippen molar-refractivity contribution in [2.24, 2.45) is 5.92 Å². The zero-order valence-electron chi connectivity index (χ0n) is 9.61. The fraction of sp³-hybridized carbons (Fsp3) is 0.667. The normalized spacial score (nSPS) is 19.3. The van der Waals surface area contributed by atoms with Crippen molar-refractivity contribution >= 4 is 0 Å². The standard InChI is InChI=1S/C12H19N3/c1-10-3-5-15(6-4-10)8-12-7-11(2)13-9-14-12/h7,9-10H,3-6,8H2,1-2H3. The molecule has 82 valence electrons. The lowest BCUT2D eigenvalue weighted by Crippen LogP contribution is -2.32. The van der Waals surface area contributed by atoms with Gasteiger partial charge in [-0.1, -0.05) is 6.92 Å². The Morgan fingerprint density at radius 3 is 2.73 bits per heavy atom. The molecule has 3 heteroatoms. The highest BCUT2D eigenvalue weighted by atomic mass is 15.1. The van der Waals surface area contributed by atoms with Gasteiger partial charge in [0.25, 0.3) is 0 Å². The van der Waals surface area contributed by atoms with Crippen molar-refractivity contribution in [3.05, 3.63) is 23.8 Å². The molecule has 3 nitrogen and oxygen atoms in total. The van der Waals surface area contributed by atoms with Gasteiger partial charge in [0, 0.05) is 12.2 Å². The summed E-state index contributed by atoms with van der Waals surface area (Å²) >= 11 is 0. The SMILES string of the molecule is Cc1cc(CN2CCC(C)CC2)ncn1. The maximum Gasteiger partial charge on any atom is 0.115 e. The number of aryl methyl sites for hydroxylation is 1. The van der Waals surface area contributed by atoms with Gasteiger partial charge in [-0.05, 0) is 44.8 Å². The molecule has 0 spiro atoms. The maximum absolute atomic E-state index is 4.30. The largest absolute Gasteiger partial charge is 0.297 e. The highest BCUT2D eigenvalue weighted by Gasteiger charge is 2.15. The Balaban J connectivity index is 1.92. The van der Waals surface area contributed by atoms with Gasteiger partial charge in [-0.3, -0.25) is 4.90 Å². The van der Waals surface area contributed by atoms with E-state index in [2.05, 4.69) is 27.9 Å². The third-order valence-electron chi connectivity index (χ3n) is 3.12. The molecule has 0 saturated carbocycles. The minimum Gasteiger partial charge on any atom is -0.297 e. The molecule has 0 bridgehead atoms. The lowest BCUT2D eigenvalue weighted by molar-refractivity contribution is 0.183. The van der Waals surface area contributed by atoms with Crippen molar-refractivity contribution < 1.29 is 0 Å². The van der Waals surface area contributed by atoms with Crippen molar-refractivity contribution in [2.75, 3.05) is 13.1 Å². The third-order valence-corrected chi connectivity index (χ3v) is 3.12. The number of piperidine rings is 1. The Morgan fingerprint density at radius 2 is 2.07 bits per heavy atom. The highest BCUT2D eigenvalue weighted by molar-refractivity contribution is 5.06. The summed E-state index contributed by atoms with van der Waals surface area (Å²) in [5, 5.41) is 0. The quantitative estimate of drug-likeness (QED) is 0.739.